The predicted molar refractivity (Wildman–Crippen MR) is 131 cm³/mol. The lowest BCUT2D eigenvalue weighted by atomic mass is 10.1. The summed E-state index contributed by atoms with van der Waals surface area (Å²) in [6.45, 7) is 0. The summed E-state index contributed by atoms with van der Waals surface area (Å²) in [4.78, 5) is 17.1. The summed E-state index contributed by atoms with van der Waals surface area (Å²) in [6, 6.07) is 25.0. The largest absolute Gasteiger partial charge is 0.436 e. The Morgan fingerprint density at radius 2 is 1.57 bits per heavy atom. The number of nitrogens with one attached hydrogen (secondary N) is 2. The first kappa shape index (κ1) is 22.3. The van der Waals surface area contributed by atoms with Crippen molar-refractivity contribution < 1.29 is 22.0 Å². The second-order valence-corrected chi connectivity index (χ2v) is 9.34. The van der Waals surface area contributed by atoms with Gasteiger partial charge in [-0.1, -0.05) is 18.2 Å². The molecule has 0 saturated carbocycles. The van der Waals surface area contributed by atoms with E-state index in [0.29, 0.717) is 28.3 Å². The van der Waals surface area contributed by atoms with Gasteiger partial charge in [0.2, 0.25) is 5.89 Å². The molecule has 4 aromatic carbocycles. The van der Waals surface area contributed by atoms with Crippen molar-refractivity contribution in [3.63, 3.8) is 0 Å². The minimum absolute atomic E-state index is 0.0699. The Kier molecular flexibility index (Phi) is 5.76. The highest BCUT2D eigenvalue weighted by Crippen LogP contribution is 2.26. The van der Waals surface area contributed by atoms with Crippen molar-refractivity contribution in [1.82, 2.24) is 4.98 Å². The average Bonchev–Trinajstić information content (AvgIpc) is 3.29. The highest BCUT2D eigenvalue weighted by molar-refractivity contribution is 7.92. The summed E-state index contributed by atoms with van der Waals surface area (Å²) < 4.78 is 46.2. The molecule has 7 nitrogen and oxygen atoms in total. The van der Waals surface area contributed by atoms with Gasteiger partial charge in [-0.15, -0.1) is 0 Å². The number of para-hydroxylation sites is 2. The Balaban J connectivity index is 1.29. The predicted octanol–water partition coefficient (Wildman–Crippen LogP) is 5.69. The third-order valence-electron chi connectivity index (χ3n) is 5.18. The molecule has 1 heterocycles. The SMILES string of the molecule is O=C(Nc1cccc(-c2nc3ccccc3o2)c1)c1ccc(NS(=O)(=O)c2ccc(F)cc2)cc1. The van der Waals surface area contributed by atoms with Crippen LogP contribution < -0.4 is 10.0 Å². The zero-order valence-corrected chi connectivity index (χ0v) is 18.9. The van der Waals surface area contributed by atoms with Gasteiger partial charge in [0.25, 0.3) is 15.9 Å². The Bertz CT molecular complexity index is 1600. The van der Waals surface area contributed by atoms with Gasteiger partial charge in [-0.3, -0.25) is 9.52 Å². The fraction of sp³-hybridized carbons (Fsp3) is 0. The highest BCUT2D eigenvalue weighted by Gasteiger charge is 2.15. The molecule has 5 rings (SSSR count). The Morgan fingerprint density at radius 3 is 2.31 bits per heavy atom. The van der Waals surface area contributed by atoms with E-state index in [2.05, 4.69) is 15.0 Å². The van der Waals surface area contributed by atoms with E-state index in [1.54, 1.807) is 18.2 Å². The van der Waals surface area contributed by atoms with Crippen LogP contribution >= 0.6 is 0 Å². The molecule has 9 heteroatoms. The van der Waals surface area contributed by atoms with Gasteiger partial charge in [0.1, 0.15) is 11.3 Å². The molecule has 0 aliphatic carbocycles. The molecule has 0 unspecified atom stereocenters. The first-order chi connectivity index (χ1) is 16.9. The summed E-state index contributed by atoms with van der Waals surface area (Å²) in [5, 5.41) is 2.82. The van der Waals surface area contributed by atoms with Gasteiger partial charge < -0.3 is 9.73 Å². The minimum Gasteiger partial charge on any atom is -0.436 e. The number of sulfonamides is 1. The fourth-order valence-electron chi connectivity index (χ4n) is 3.45. The molecule has 2 N–H and O–H groups in total. The summed E-state index contributed by atoms with van der Waals surface area (Å²) in [7, 11) is -3.88. The summed E-state index contributed by atoms with van der Waals surface area (Å²) in [5.74, 6) is -0.452. The second kappa shape index (κ2) is 9.03. The van der Waals surface area contributed by atoms with E-state index in [-0.39, 0.29) is 16.5 Å². The van der Waals surface area contributed by atoms with Gasteiger partial charge in [-0.25, -0.2) is 17.8 Å². The van der Waals surface area contributed by atoms with Crippen molar-refractivity contribution >= 4 is 38.4 Å². The van der Waals surface area contributed by atoms with Crippen LogP contribution in [0.1, 0.15) is 10.4 Å². The summed E-state index contributed by atoms with van der Waals surface area (Å²) in [6.07, 6.45) is 0. The summed E-state index contributed by atoms with van der Waals surface area (Å²) >= 11 is 0. The lowest BCUT2D eigenvalue weighted by Crippen LogP contribution is -2.14. The molecule has 1 aromatic heterocycles. The van der Waals surface area contributed by atoms with Crippen LogP contribution in [-0.2, 0) is 10.0 Å². The molecule has 0 atom stereocenters. The monoisotopic (exact) mass is 487 g/mol. The second-order valence-electron chi connectivity index (χ2n) is 7.66. The minimum atomic E-state index is -3.88. The van der Waals surface area contributed by atoms with Crippen LogP contribution in [0.3, 0.4) is 0 Å². The van der Waals surface area contributed by atoms with Crippen LogP contribution in [-0.4, -0.2) is 19.3 Å². The molecule has 0 aliphatic rings. The van der Waals surface area contributed by atoms with Crippen LogP contribution in [0.15, 0.2) is 106 Å². The summed E-state index contributed by atoms with van der Waals surface area (Å²) in [5.41, 5.74) is 3.28. The number of halogens is 1. The van der Waals surface area contributed by atoms with Crippen molar-refractivity contribution in [3.8, 4) is 11.5 Å². The number of rotatable bonds is 6. The van der Waals surface area contributed by atoms with E-state index in [0.717, 1.165) is 17.6 Å². The molecule has 0 aliphatic heterocycles. The maximum Gasteiger partial charge on any atom is 0.261 e. The zero-order chi connectivity index (χ0) is 24.4. The number of oxazole rings is 1. The smallest absolute Gasteiger partial charge is 0.261 e. The number of fused-ring (bicyclic) bond motifs is 1. The zero-order valence-electron chi connectivity index (χ0n) is 18.1. The molecule has 0 fully saturated rings. The van der Waals surface area contributed by atoms with E-state index in [9.17, 15) is 17.6 Å². The third-order valence-corrected chi connectivity index (χ3v) is 6.58. The fourth-order valence-corrected chi connectivity index (χ4v) is 4.51. The van der Waals surface area contributed by atoms with E-state index in [1.807, 2.05) is 30.3 Å². The number of hydrogen-bond acceptors (Lipinski definition) is 5. The van der Waals surface area contributed by atoms with Gasteiger partial charge in [0.15, 0.2) is 5.58 Å². The number of carbonyl (C=O) groups is 1. The third kappa shape index (κ3) is 4.90. The van der Waals surface area contributed by atoms with E-state index < -0.39 is 15.8 Å². The van der Waals surface area contributed by atoms with Crippen LogP contribution in [0.5, 0.6) is 0 Å². The number of anilines is 2. The molecule has 174 valence electrons. The van der Waals surface area contributed by atoms with E-state index in [4.69, 9.17) is 4.42 Å². The van der Waals surface area contributed by atoms with Crippen molar-refractivity contribution in [2.24, 2.45) is 0 Å². The molecular formula is C26H18FN3O4S. The highest BCUT2D eigenvalue weighted by atomic mass is 32.2. The van der Waals surface area contributed by atoms with Gasteiger partial charge in [-0.2, -0.15) is 0 Å². The number of benzene rings is 4. The van der Waals surface area contributed by atoms with Gasteiger partial charge in [0.05, 0.1) is 4.90 Å². The molecule has 0 radical (unpaired) electrons. The Labute approximate surface area is 200 Å². The van der Waals surface area contributed by atoms with Crippen molar-refractivity contribution in [2.75, 3.05) is 10.0 Å². The lowest BCUT2D eigenvalue weighted by molar-refractivity contribution is 0.102. The lowest BCUT2D eigenvalue weighted by Gasteiger charge is -2.10. The number of hydrogen-bond donors (Lipinski definition) is 2. The molecule has 5 aromatic rings. The van der Waals surface area contributed by atoms with Crippen molar-refractivity contribution in [2.45, 2.75) is 4.90 Å². The van der Waals surface area contributed by atoms with Crippen molar-refractivity contribution in [3.05, 3.63) is 108 Å². The number of carbonyl (C=O) groups excluding carboxylic acids is 1. The maximum atomic E-state index is 13.1. The molecule has 0 spiro atoms. The van der Waals surface area contributed by atoms with Crippen LogP contribution in [0.4, 0.5) is 15.8 Å². The van der Waals surface area contributed by atoms with Crippen LogP contribution in [0.2, 0.25) is 0 Å². The quantitative estimate of drug-likeness (QED) is 0.321. The number of aromatic nitrogens is 1. The molecule has 0 bridgehead atoms. The average molecular weight is 488 g/mol. The number of amides is 1. The van der Waals surface area contributed by atoms with Crippen molar-refractivity contribution in [1.29, 1.82) is 0 Å². The van der Waals surface area contributed by atoms with Gasteiger partial charge >= 0.3 is 0 Å². The maximum absolute atomic E-state index is 13.1. The standard InChI is InChI=1S/C26H18FN3O4S/c27-19-10-14-22(15-11-19)35(32,33)30-20-12-8-17(9-13-20)25(31)28-21-5-3-4-18(16-21)26-29-23-6-1-2-7-24(23)34-26/h1-16,30H,(H,28,31). The molecule has 1 amide bonds. The first-order valence-corrected chi connectivity index (χ1v) is 12.0. The molecule has 0 saturated heterocycles. The molecular weight excluding hydrogens is 469 g/mol. The van der Waals surface area contributed by atoms with Crippen LogP contribution in [0, 0.1) is 5.82 Å². The molecule has 35 heavy (non-hydrogen) atoms. The van der Waals surface area contributed by atoms with Gasteiger partial charge in [0, 0.05) is 22.5 Å². The van der Waals surface area contributed by atoms with Crippen LogP contribution in [0.25, 0.3) is 22.6 Å². The topological polar surface area (TPSA) is 101 Å². The number of nitrogens with zero attached hydrogens (tertiary/aromatic N) is 1. The Hall–Kier alpha value is -4.50. The normalized spacial score (nSPS) is 11.3. The first-order valence-electron chi connectivity index (χ1n) is 10.5. The van der Waals surface area contributed by atoms with E-state index in [1.165, 1.54) is 36.4 Å². The van der Waals surface area contributed by atoms with E-state index >= 15 is 0 Å². The Morgan fingerprint density at radius 1 is 0.829 bits per heavy atom. The van der Waals surface area contributed by atoms with Gasteiger partial charge in [-0.05, 0) is 78.9 Å².